The van der Waals surface area contributed by atoms with Crippen LogP contribution in [0.3, 0.4) is 0 Å². The number of likely N-dealkylation sites (tertiary alicyclic amines) is 1. The lowest BCUT2D eigenvalue weighted by Gasteiger charge is -2.31. The van der Waals surface area contributed by atoms with Crippen molar-refractivity contribution >= 4 is 5.97 Å². The third-order valence-electron chi connectivity index (χ3n) is 2.97. The average Bonchev–Trinajstić information content (AvgIpc) is 2.24. The zero-order valence-electron chi connectivity index (χ0n) is 9.48. The third kappa shape index (κ3) is 4.98. The lowest BCUT2D eigenvalue weighted by Crippen LogP contribution is -2.35. The molecular formula is C12H21NO2. The maximum atomic E-state index is 10.5. The van der Waals surface area contributed by atoms with Gasteiger partial charge in [0.2, 0.25) is 0 Å². The van der Waals surface area contributed by atoms with Gasteiger partial charge < -0.3 is 5.11 Å². The Kier molecular flexibility index (Phi) is 5.40. The summed E-state index contributed by atoms with van der Waals surface area (Å²) in [6.45, 7) is 5.28. The van der Waals surface area contributed by atoms with Crippen molar-refractivity contribution in [2.24, 2.45) is 5.92 Å². The van der Waals surface area contributed by atoms with Crippen LogP contribution >= 0.6 is 0 Å². The van der Waals surface area contributed by atoms with Gasteiger partial charge in [0.05, 0.1) is 0 Å². The van der Waals surface area contributed by atoms with Gasteiger partial charge in [-0.3, -0.25) is 9.69 Å². The number of piperidine rings is 1. The predicted octanol–water partition coefficient (Wildman–Crippen LogP) is 2.14. The molecule has 0 aromatic rings. The van der Waals surface area contributed by atoms with Gasteiger partial charge in [0.25, 0.3) is 0 Å². The van der Waals surface area contributed by atoms with Crippen molar-refractivity contribution in [3.05, 3.63) is 12.2 Å². The molecule has 1 rings (SSSR count). The summed E-state index contributed by atoms with van der Waals surface area (Å²) in [6.07, 6.45) is 7.80. The van der Waals surface area contributed by atoms with E-state index < -0.39 is 5.97 Å². The number of hydrogen-bond acceptors (Lipinski definition) is 2. The van der Waals surface area contributed by atoms with E-state index in [1.165, 1.54) is 12.8 Å². The molecule has 1 fully saturated rings. The Balaban J connectivity index is 2.25. The smallest absolute Gasteiger partial charge is 0.303 e. The van der Waals surface area contributed by atoms with Gasteiger partial charge in [-0.1, -0.05) is 12.2 Å². The standard InChI is InChI=1S/C12H21NO2/c1-2-3-8-13-9-4-5-11(10-13)6-7-12(14)15/h2-3,11H,4-10H2,1H3,(H,14,15). The number of rotatable bonds is 5. The molecule has 0 aromatic carbocycles. The Morgan fingerprint density at radius 1 is 1.60 bits per heavy atom. The van der Waals surface area contributed by atoms with Crippen LogP contribution in [0.5, 0.6) is 0 Å². The Hall–Kier alpha value is -0.830. The van der Waals surface area contributed by atoms with Crippen molar-refractivity contribution in [3.63, 3.8) is 0 Å². The van der Waals surface area contributed by atoms with E-state index in [1.807, 2.05) is 6.92 Å². The fourth-order valence-corrected chi connectivity index (χ4v) is 2.13. The second kappa shape index (κ2) is 6.62. The average molecular weight is 211 g/mol. The first-order valence-electron chi connectivity index (χ1n) is 5.77. The summed E-state index contributed by atoms with van der Waals surface area (Å²) >= 11 is 0. The van der Waals surface area contributed by atoms with Crippen LogP contribution in [0, 0.1) is 5.92 Å². The van der Waals surface area contributed by atoms with Gasteiger partial charge in [-0.15, -0.1) is 0 Å². The van der Waals surface area contributed by atoms with Crippen molar-refractivity contribution in [1.29, 1.82) is 0 Å². The second-order valence-electron chi connectivity index (χ2n) is 4.27. The molecule has 15 heavy (non-hydrogen) atoms. The molecule has 0 aliphatic carbocycles. The van der Waals surface area contributed by atoms with Gasteiger partial charge in [0.1, 0.15) is 0 Å². The molecule has 0 radical (unpaired) electrons. The SMILES string of the molecule is CC=CCN1CCCC(CCC(=O)O)C1. The number of carbonyl (C=O) groups is 1. The van der Waals surface area contributed by atoms with Crippen LogP contribution in [0.1, 0.15) is 32.6 Å². The largest absolute Gasteiger partial charge is 0.481 e. The summed E-state index contributed by atoms with van der Waals surface area (Å²) in [5.41, 5.74) is 0. The van der Waals surface area contributed by atoms with E-state index in [1.54, 1.807) is 0 Å². The van der Waals surface area contributed by atoms with E-state index in [4.69, 9.17) is 5.11 Å². The topological polar surface area (TPSA) is 40.5 Å². The summed E-state index contributed by atoms with van der Waals surface area (Å²) in [4.78, 5) is 12.9. The molecule has 0 bridgehead atoms. The van der Waals surface area contributed by atoms with Gasteiger partial charge in [0, 0.05) is 19.5 Å². The molecule has 1 unspecified atom stereocenters. The molecular weight excluding hydrogens is 190 g/mol. The van der Waals surface area contributed by atoms with E-state index in [-0.39, 0.29) is 0 Å². The highest BCUT2D eigenvalue weighted by molar-refractivity contribution is 5.66. The second-order valence-corrected chi connectivity index (χ2v) is 4.27. The van der Waals surface area contributed by atoms with E-state index in [0.29, 0.717) is 12.3 Å². The normalized spacial score (nSPS) is 23.4. The van der Waals surface area contributed by atoms with E-state index in [2.05, 4.69) is 17.1 Å². The number of carboxylic acid groups (broad SMARTS) is 1. The highest BCUT2D eigenvalue weighted by Crippen LogP contribution is 2.20. The fraction of sp³-hybridized carbons (Fsp3) is 0.750. The maximum absolute atomic E-state index is 10.5. The molecule has 1 aliphatic rings. The summed E-state index contributed by atoms with van der Waals surface area (Å²) < 4.78 is 0. The van der Waals surface area contributed by atoms with Crippen LogP contribution < -0.4 is 0 Å². The van der Waals surface area contributed by atoms with Crippen molar-refractivity contribution in [2.45, 2.75) is 32.6 Å². The van der Waals surface area contributed by atoms with Crippen molar-refractivity contribution in [1.82, 2.24) is 4.90 Å². The summed E-state index contributed by atoms with van der Waals surface area (Å²) in [6, 6.07) is 0. The summed E-state index contributed by atoms with van der Waals surface area (Å²) in [5, 5.41) is 8.63. The minimum atomic E-state index is -0.666. The van der Waals surface area contributed by atoms with Gasteiger partial charge in [0.15, 0.2) is 0 Å². The third-order valence-corrected chi connectivity index (χ3v) is 2.97. The van der Waals surface area contributed by atoms with E-state index >= 15 is 0 Å². The Labute approximate surface area is 91.8 Å². The minimum Gasteiger partial charge on any atom is -0.481 e. The molecule has 1 heterocycles. The van der Waals surface area contributed by atoms with Crippen LogP contribution in [0.2, 0.25) is 0 Å². The molecule has 3 heteroatoms. The zero-order valence-corrected chi connectivity index (χ0v) is 9.48. The highest BCUT2D eigenvalue weighted by atomic mass is 16.4. The van der Waals surface area contributed by atoms with Gasteiger partial charge >= 0.3 is 5.97 Å². The van der Waals surface area contributed by atoms with Crippen molar-refractivity contribution in [3.8, 4) is 0 Å². The van der Waals surface area contributed by atoms with Gasteiger partial charge in [-0.25, -0.2) is 0 Å². The summed E-state index contributed by atoms with van der Waals surface area (Å²) in [7, 11) is 0. The molecule has 1 saturated heterocycles. The quantitative estimate of drug-likeness (QED) is 0.708. The Bertz CT molecular complexity index is 226. The molecule has 1 N–H and O–H groups in total. The lowest BCUT2D eigenvalue weighted by atomic mass is 9.93. The zero-order chi connectivity index (χ0) is 11.1. The molecule has 0 spiro atoms. The fourth-order valence-electron chi connectivity index (χ4n) is 2.13. The van der Waals surface area contributed by atoms with Gasteiger partial charge in [-0.05, 0) is 38.6 Å². The predicted molar refractivity (Wildman–Crippen MR) is 60.8 cm³/mol. The van der Waals surface area contributed by atoms with Crippen molar-refractivity contribution in [2.75, 3.05) is 19.6 Å². The van der Waals surface area contributed by atoms with Gasteiger partial charge in [-0.2, -0.15) is 0 Å². The molecule has 0 saturated carbocycles. The molecule has 3 nitrogen and oxygen atoms in total. The van der Waals surface area contributed by atoms with E-state index in [0.717, 1.165) is 26.1 Å². The first-order chi connectivity index (χ1) is 7.22. The highest BCUT2D eigenvalue weighted by Gasteiger charge is 2.19. The number of allylic oxidation sites excluding steroid dienone is 1. The van der Waals surface area contributed by atoms with Crippen LogP contribution in [-0.2, 0) is 4.79 Å². The molecule has 1 atom stereocenters. The van der Waals surface area contributed by atoms with Crippen LogP contribution in [0.25, 0.3) is 0 Å². The number of hydrogen-bond donors (Lipinski definition) is 1. The van der Waals surface area contributed by atoms with Crippen LogP contribution in [0.15, 0.2) is 12.2 Å². The molecule has 86 valence electrons. The summed E-state index contributed by atoms with van der Waals surface area (Å²) in [5.74, 6) is -0.0827. The Morgan fingerprint density at radius 3 is 3.07 bits per heavy atom. The minimum absolute atomic E-state index is 0.322. The number of aliphatic carboxylic acids is 1. The first-order valence-corrected chi connectivity index (χ1v) is 5.77. The van der Waals surface area contributed by atoms with E-state index in [9.17, 15) is 4.79 Å². The molecule has 0 amide bonds. The lowest BCUT2D eigenvalue weighted by molar-refractivity contribution is -0.137. The molecule has 0 aromatic heterocycles. The van der Waals surface area contributed by atoms with Crippen molar-refractivity contribution < 1.29 is 9.90 Å². The number of nitrogens with zero attached hydrogens (tertiary/aromatic N) is 1. The van der Waals surface area contributed by atoms with Crippen LogP contribution in [-0.4, -0.2) is 35.6 Å². The number of carboxylic acids is 1. The molecule has 1 aliphatic heterocycles. The monoisotopic (exact) mass is 211 g/mol. The maximum Gasteiger partial charge on any atom is 0.303 e. The first kappa shape index (κ1) is 12.2. The van der Waals surface area contributed by atoms with Crippen LogP contribution in [0.4, 0.5) is 0 Å². The Morgan fingerprint density at radius 2 is 2.40 bits per heavy atom.